The molecule has 0 spiro atoms. The van der Waals surface area contributed by atoms with Crippen LogP contribution in [0.3, 0.4) is 0 Å². The minimum absolute atomic E-state index is 0.173. The summed E-state index contributed by atoms with van der Waals surface area (Å²) in [5.74, 6) is 1.82. The Kier molecular flexibility index (Phi) is 6.79. The van der Waals surface area contributed by atoms with E-state index < -0.39 is 0 Å². The number of hydrogen-bond acceptors (Lipinski definition) is 6. The molecule has 3 aromatic rings. The molecule has 8 nitrogen and oxygen atoms in total. The fourth-order valence-corrected chi connectivity index (χ4v) is 4.49. The smallest absolute Gasteiger partial charge is 0.330 e. The molecule has 0 unspecified atom stereocenters. The van der Waals surface area contributed by atoms with Crippen molar-refractivity contribution in [1.82, 2.24) is 9.13 Å². The van der Waals surface area contributed by atoms with Crippen LogP contribution in [-0.2, 0) is 13.1 Å². The standard InChI is InChI=1S/C26H32N4O4/c1-6-33-23-15-21-19(13-22(23)32-5)20-14-24(28-25-17(3)11-16(2)12-18(25)4)30(8-7-27)26(31)29(20)9-10-34-21/h11-15H,6-10,27H2,1-5H3. The zero-order valence-corrected chi connectivity index (χ0v) is 20.5. The quantitative estimate of drug-likeness (QED) is 0.605. The molecule has 0 amide bonds. The molecule has 0 atom stereocenters. The van der Waals surface area contributed by atoms with Gasteiger partial charge in [-0.2, -0.15) is 0 Å². The summed E-state index contributed by atoms with van der Waals surface area (Å²) in [6, 6.07) is 9.81. The lowest BCUT2D eigenvalue weighted by atomic mass is 10.1. The van der Waals surface area contributed by atoms with Gasteiger partial charge in [0, 0.05) is 30.8 Å². The molecule has 180 valence electrons. The van der Waals surface area contributed by atoms with E-state index in [1.165, 1.54) is 5.56 Å². The molecule has 8 heteroatoms. The van der Waals surface area contributed by atoms with E-state index in [1.54, 1.807) is 16.2 Å². The molecule has 0 radical (unpaired) electrons. The van der Waals surface area contributed by atoms with Gasteiger partial charge in [0.15, 0.2) is 11.5 Å². The van der Waals surface area contributed by atoms with E-state index in [4.69, 9.17) is 24.9 Å². The van der Waals surface area contributed by atoms with E-state index in [0.717, 1.165) is 22.4 Å². The molecule has 0 aliphatic carbocycles. The maximum absolute atomic E-state index is 13.6. The predicted molar refractivity (Wildman–Crippen MR) is 132 cm³/mol. The fourth-order valence-electron chi connectivity index (χ4n) is 4.49. The molecule has 2 aromatic carbocycles. The van der Waals surface area contributed by atoms with Crippen molar-refractivity contribution < 1.29 is 14.2 Å². The van der Waals surface area contributed by atoms with Gasteiger partial charge in [-0.05, 0) is 44.9 Å². The first-order chi connectivity index (χ1) is 16.4. The fraction of sp³-hybridized carbons (Fsp3) is 0.385. The van der Waals surface area contributed by atoms with Gasteiger partial charge in [0.05, 0.1) is 31.6 Å². The van der Waals surface area contributed by atoms with Crippen LogP contribution in [0.2, 0.25) is 0 Å². The topological polar surface area (TPSA) is 93.0 Å². The summed E-state index contributed by atoms with van der Waals surface area (Å²) in [4.78, 5) is 18.6. The van der Waals surface area contributed by atoms with Gasteiger partial charge in [-0.25, -0.2) is 9.79 Å². The third-order valence-corrected chi connectivity index (χ3v) is 5.92. The first-order valence-corrected chi connectivity index (χ1v) is 11.5. The van der Waals surface area contributed by atoms with E-state index in [9.17, 15) is 4.79 Å². The van der Waals surface area contributed by atoms with Gasteiger partial charge < -0.3 is 19.9 Å². The Balaban J connectivity index is 2.03. The highest BCUT2D eigenvalue weighted by molar-refractivity contribution is 5.72. The summed E-state index contributed by atoms with van der Waals surface area (Å²) in [6.07, 6.45) is 0. The van der Waals surface area contributed by atoms with Crippen LogP contribution in [0.1, 0.15) is 23.6 Å². The van der Waals surface area contributed by atoms with E-state index in [-0.39, 0.29) is 5.69 Å². The Morgan fingerprint density at radius 3 is 2.47 bits per heavy atom. The number of benzene rings is 2. The number of nitrogens with zero attached hydrogens (tertiary/aromatic N) is 3. The monoisotopic (exact) mass is 464 g/mol. The summed E-state index contributed by atoms with van der Waals surface area (Å²) in [7, 11) is 1.60. The average Bonchev–Trinajstić information content (AvgIpc) is 2.97. The molecule has 0 fully saturated rings. The summed E-state index contributed by atoms with van der Waals surface area (Å²) >= 11 is 0. The SMILES string of the molecule is CCOc1cc2c(cc1OC)-c1cc(=Nc3c(C)cc(C)cc3C)n(CCN)c(=O)n1CCO2. The highest BCUT2D eigenvalue weighted by Crippen LogP contribution is 2.40. The van der Waals surface area contributed by atoms with Crippen molar-refractivity contribution in [2.24, 2.45) is 10.7 Å². The molecule has 0 saturated carbocycles. The molecule has 1 aromatic heterocycles. The molecule has 0 saturated heterocycles. The van der Waals surface area contributed by atoms with Crippen molar-refractivity contribution in [3.63, 3.8) is 0 Å². The third kappa shape index (κ3) is 4.33. The number of methoxy groups -OCH3 is 1. The molecular weight excluding hydrogens is 432 g/mol. The van der Waals surface area contributed by atoms with Gasteiger partial charge >= 0.3 is 5.69 Å². The first kappa shape index (κ1) is 23.6. The molecule has 2 heterocycles. The van der Waals surface area contributed by atoms with Crippen LogP contribution in [-0.4, -0.2) is 36.0 Å². The predicted octanol–water partition coefficient (Wildman–Crippen LogP) is 3.23. The van der Waals surface area contributed by atoms with Gasteiger partial charge in [-0.3, -0.25) is 9.13 Å². The molecule has 1 aliphatic rings. The highest BCUT2D eigenvalue weighted by Gasteiger charge is 2.22. The summed E-state index contributed by atoms with van der Waals surface area (Å²) < 4.78 is 20.7. The number of nitrogens with two attached hydrogens (primary N) is 1. The number of aromatic nitrogens is 2. The Hall–Kier alpha value is -3.52. The Labute approximate surface area is 199 Å². The van der Waals surface area contributed by atoms with E-state index in [1.807, 2.05) is 39.0 Å². The largest absolute Gasteiger partial charge is 0.493 e. The van der Waals surface area contributed by atoms with Gasteiger partial charge in [0.1, 0.15) is 17.8 Å². The van der Waals surface area contributed by atoms with E-state index in [2.05, 4.69) is 19.1 Å². The third-order valence-electron chi connectivity index (χ3n) is 5.92. The lowest BCUT2D eigenvalue weighted by Gasteiger charge is -2.17. The number of rotatable bonds is 6. The number of fused-ring (bicyclic) bond motifs is 3. The van der Waals surface area contributed by atoms with Crippen molar-refractivity contribution in [1.29, 1.82) is 0 Å². The van der Waals surface area contributed by atoms with Crippen molar-refractivity contribution in [2.75, 3.05) is 26.9 Å². The molecule has 1 aliphatic heterocycles. The Morgan fingerprint density at radius 1 is 1.09 bits per heavy atom. The minimum Gasteiger partial charge on any atom is -0.493 e. The molecule has 0 bridgehead atoms. The van der Waals surface area contributed by atoms with E-state index >= 15 is 0 Å². The van der Waals surface area contributed by atoms with Crippen LogP contribution in [0, 0.1) is 20.8 Å². The van der Waals surface area contributed by atoms with Crippen molar-refractivity contribution in [3.05, 3.63) is 63.0 Å². The van der Waals surface area contributed by atoms with Gasteiger partial charge in [0.2, 0.25) is 0 Å². The zero-order valence-electron chi connectivity index (χ0n) is 20.5. The van der Waals surface area contributed by atoms with Gasteiger partial charge in [0.25, 0.3) is 0 Å². The van der Waals surface area contributed by atoms with Crippen LogP contribution >= 0.6 is 0 Å². The van der Waals surface area contributed by atoms with Crippen molar-refractivity contribution >= 4 is 5.69 Å². The van der Waals surface area contributed by atoms with E-state index in [0.29, 0.717) is 61.3 Å². The Bertz CT molecular complexity index is 1330. The normalized spacial score (nSPS) is 13.1. The zero-order chi connectivity index (χ0) is 24.4. The highest BCUT2D eigenvalue weighted by atomic mass is 16.5. The number of aryl methyl sites for hydroxylation is 3. The lowest BCUT2D eigenvalue weighted by molar-refractivity contribution is 0.290. The van der Waals surface area contributed by atoms with Crippen molar-refractivity contribution in [2.45, 2.75) is 40.8 Å². The lowest BCUT2D eigenvalue weighted by Crippen LogP contribution is -2.42. The van der Waals surface area contributed by atoms with Crippen LogP contribution in [0.5, 0.6) is 17.2 Å². The Morgan fingerprint density at radius 2 is 1.82 bits per heavy atom. The van der Waals surface area contributed by atoms with Crippen LogP contribution in [0.15, 0.2) is 40.1 Å². The minimum atomic E-state index is -0.173. The second-order valence-corrected chi connectivity index (χ2v) is 8.40. The maximum atomic E-state index is 13.6. The summed E-state index contributed by atoms with van der Waals surface area (Å²) in [5, 5.41) is 0. The number of ether oxygens (including phenoxy) is 3. The van der Waals surface area contributed by atoms with Gasteiger partial charge in [-0.15, -0.1) is 0 Å². The molecule has 4 rings (SSSR count). The number of hydrogen-bond donors (Lipinski definition) is 1. The second kappa shape index (κ2) is 9.77. The first-order valence-electron chi connectivity index (χ1n) is 11.5. The van der Waals surface area contributed by atoms with Crippen LogP contribution in [0.25, 0.3) is 11.3 Å². The van der Waals surface area contributed by atoms with Crippen molar-refractivity contribution in [3.8, 4) is 28.5 Å². The van der Waals surface area contributed by atoms with Crippen LogP contribution in [0.4, 0.5) is 5.69 Å². The second-order valence-electron chi connectivity index (χ2n) is 8.40. The average molecular weight is 465 g/mol. The summed E-state index contributed by atoms with van der Waals surface area (Å²) in [5.41, 5.74) is 11.9. The van der Waals surface area contributed by atoms with Crippen LogP contribution < -0.4 is 31.1 Å². The maximum Gasteiger partial charge on any atom is 0.330 e. The summed E-state index contributed by atoms with van der Waals surface area (Å²) in [6.45, 7) is 10.00. The molecular formula is C26H32N4O4. The molecule has 34 heavy (non-hydrogen) atoms. The van der Waals surface area contributed by atoms with Gasteiger partial charge in [-0.1, -0.05) is 17.7 Å². The molecule has 2 N–H and O–H groups in total.